The summed E-state index contributed by atoms with van der Waals surface area (Å²) in [5.41, 5.74) is 3.37. The Balaban J connectivity index is 1.86. The van der Waals surface area contributed by atoms with Crippen LogP contribution in [-0.2, 0) is 6.42 Å². The molecule has 0 fully saturated rings. The van der Waals surface area contributed by atoms with E-state index >= 15 is 0 Å². The van der Waals surface area contributed by atoms with Gasteiger partial charge in [0.25, 0.3) is 0 Å². The number of benzene rings is 1. The molecule has 1 N–H and O–H groups in total. The number of H-pyrrole nitrogens is 1. The van der Waals surface area contributed by atoms with Crippen LogP contribution in [0.15, 0.2) is 48.8 Å². The molecule has 5 heteroatoms. The van der Waals surface area contributed by atoms with E-state index in [1.807, 2.05) is 18.2 Å². The predicted octanol–water partition coefficient (Wildman–Crippen LogP) is 3.86. The lowest BCUT2D eigenvalue weighted by Gasteiger charge is -1.98. The highest BCUT2D eigenvalue weighted by Crippen LogP contribution is 2.25. The SMILES string of the molecule is Fc1cccc(Cc2cc(-c3ccncc3Cl)n[nH]2)c1. The number of aromatic amines is 1. The molecule has 0 bridgehead atoms. The van der Waals surface area contributed by atoms with Gasteiger partial charge in [-0.3, -0.25) is 10.1 Å². The molecule has 0 aliphatic carbocycles. The molecule has 3 aromatic rings. The molecule has 1 aromatic carbocycles. The summed E-state index contributed by atoms with van der Waals surface area (Å²) in [6.07, 6.45) is 3.84. The van der Waals surface area contributed by atoms with Crippen LogP contribution < -0.4 is 0 Å². The largest absolute Gasteiger partial charge is 0.282 e. The number of pyridine rings is 1. The zero-order valence-electron chi connectivity index (χ0n) is 10.5. The molecule has 20 heavy (non-hydrogen) atoms. The van der Waals surface area contributed by atoms with Crippen molar-refractivity contribution in [2.24, 2.45) is 0 Å². The minimum atomic E-state index is -0.237. The summed E-state index contributed by atoms with van der Waals surface area (Å²) in [4.78, 5) is 3.94. The van der Waals surface area contributed by atoms with E-state index in [1.165, 1.54) is 12.1 Å². The average molecular weight is 288 g/mol. The zero-order chi connectivity index (χ0) is 13.9. The number of hydrogen-bond donors (Lipinski definition) is 1. The first-order valence-corrected chi connectivity index (χ1v) is 6.49. The molecule has 100 valence electrons. The molecule has 0 saturated heterocycles. The van der Waals surface area contributed by atoms with Gasteiger partial charge in [0.2, 0.25) is 0 Å². The van der Waals surface area contributed by atoms with E-state index in [0.29, 0.717) is 11.4 Å². The summed E-state index contributed by atoms with van der Waals surface area (Å²) in [6, 6.07) is 10.2. The molecule has 0 aliphatic rings. The third-order valence-corrected chi connectivity index (χ3v) is 3.26. The van der Waals surface area contributed by atoms with Gasteiger partial charge in [-0.1, -0.05) is 23.7 Å². The van der Waals surface area contributed by atoms with Crippen molar-refractivity contribution in [3.05, 3.63) is 70.9 Å². The van der Waals surface area contributed by atoms with Crippen LogP contribution in [0.4, 0.5) is 4.39 Å². The highest BCUT2D eigenvalue weighted by atomic mass is 35.5. The first-order chi connectivity index (χ1) is 9.72. The molecule has 0 saturated carbocycles. The molecular weight excluding hydrogens is 277 g/mol. The Morgan fingerprint density at radius 2 is 2.10 bits per heavy atom. The van der Waals surface area contributed by atoms with Crippen LogP contribution in [0.25, 0.3) is 11.3 Å². The monoisotopic (exact) mass is 287 g/mol. The van der Waals surface area contributed by atoms with Gasteiger partial charge in [-0.05, 0) is 29.8 Å². The van der Waals surface area contributed by atoms with Crippen molar-refractivity contribution in [1.29, 1.82) is 0 Å². The maximum atomic E-state index is 13.1. The minimum absolute atomic E-state index is 0.237. The van der Waals surface area contributed by atoms with Gasteiger partial charge in [0.1, 0.15) is 5.82 Å². The third-order valence-electron chi connectivity index (χ3n) is 2.96. The Kier molecular flexibility index (Phi) is 3.48. The molecule has 3 nitrogen and oxygen atoms in total. The van der Waals surface area contributed by atoms with E-state index in [1.54, 1.807) is 18.5 Å². The Hall–Kier alpha value is -2.20. The third kappa shape index (κ3) is 2.70. The Morgan fingerprint density at radius 3 is 2.90 bits per heavy atom. The first-order valence-electron chi connectivity index (χ1n) is 6.11. The lowest BCUT2D eigenvalue weighted by Crippen LogP contribution is -1.89. The average Bonchev–Trinajstić information content (AvgIpc) is 2.87. The van der Waals surface area contributed by atoms with E-state index in [2.05, 4.69) is 15.2 Å². The van der Waals surface area contributed by atoms with Crippen molar-refractivity contribution < 1.29 is 4.39 Å². The van der Waals surface area contributed by atoms with Crippen LogP contribution in [0.5, 0.6) is 0 Å². The second kappa shape index (κ2) is 5.43. The van der Waals surface area contributed by atoms with Crippen LogP contribution in [0.2, 0.25) is 5.02 Å². The maximum absolute atomic E-state index is 13.1. The molecule has 0 atom stereocenters. The van der Waals surface area contributed by atoms with Crippen LogP contribution >= 0.6 is 11.6 Å². The van der Waals surface area contributed by atoms with Gasteiger partial charge in [-0.25, -0.2) is 4.39 Å². The van der Waals surface area contributed by atoms with Gasteiger partial charge in [-0.2, -0.15) is 5.10 Å². The first kappa shape index (κ1) is 12.8. The summed E-state index contributed by atoms with van der Waals surface area (Å²) in [5.74, 6) is -0.237. The molecule has 0 unspecified atom stereocenters. The van der Waals surface area contributed by atoms with Crippen LogP contribution in [-0.4, -0.2) is 15.2 Å². The topological polar surface area (TPSA) is 41.6 Å². The zero-order valence-corrected chi connectivity index (χ0v) is 11.2. The Labute approximate surface area is 120 Å². The van der Waals surface area contributed by atoms with Gasteiger partial charge in [-0.15, -0.1) is 0 Å². The number of halogens is 2. The fourth-order valence-electron chi connectivity index (χ4n) is 2.04. The predicted molar refractivity (Wildman–Crippen MR) is 76.0 cm³/mol. The normalized spacial score (nSPS) is 10.7. The fourth-order valence-corrected chi connectivity index (χ4v) is 2.26. The van der Waals surface area contributed by atoms with Crippen molar-refractivity contribution in [2.75, 3.05) is 0 Å². The second-order valence-corrected chi connectivity index (χ2v) is 4.85. The number of hydrogen-bond acceptors (Lipinski definition) is 2. The molecular formula is C15H11ClFN3. The molecule has 2 heterocycles. The van der Waals surface area contributed by atoms with Crippen LogP contribution in [0.1, 0.15) is 11.3 Å². The molecule has 2 aromatic heterocycles. The standard InChI is InChI=1S/C15H11ClFN3/c16-14-9-18-5-4-13(14)15-8-12(19-20-15)7-10-2-1-3-11(17)6-10/h1-6,8-9H,7H2,(H,19,20). The van der Waals surface area contributed by atoms with E-state index in [-0.39, 0.29) is 5.82 Å². The molecule has 0 amide bonds. The lowest BCUT2D eigenvalue weighted by molar-refractivity contribution is 0.626. The summed E-state index contributed by atoms with van der Waals surface area (Å²) in [5, 5.41) is 7.73. The molecule has 0 radical (unpaired) electrons. The van der Waals surface area contributed by atoms with Gasteiger partial charge >= 0.3 is 0 Å². The molecule has 3 rings (SSSR count). The molecule has 0 aliphatic heterocycles. The Bertz CT molecular complexity index is 739. The van der Waals surface area contributed by atoms with E-state index in [4.69, 9.17) is 11.6 Å². The second-order valence-electron chi connectivity index (χ2n) is 4.44. The number of nitrogens with one attached hydrogen (secondary N) is 1. The maximum Gasteiger partial charge on any atom is 0.123 e. The van der Waals surface area contributed by atoms with Gasteiger partial charge in [0.05, 0.1) is 10.7 Å². The van der Waals surface area contributed by atoms with Crippen LogP contribution in [0.3, 0.4) is 0 Å². The van der Waals surface area contributed by atoms with Gasteiger partial charge < -0.3 is 0 Å². The van der Waals surface area contributed by atoms with Crippen molar-refractivity contribution in [2.45, 2.75) is 6.42 Å². The number of nitrogens with zero attached hydrogens (tertiary/aromatic N) is 2. The summed E-state index contributed by atoms with van der Waals surface area (Å²) in [7, 11) is 0. The van der Waals surface area contributed by atoms with Gasteiger partial charge in [0.15, 0.2) is 0 Å². The van der Waals surface area contributed by atoms with Gasteiger partial charge in [0, 0.05) is 30.1 Å². The van der Waals surface area contributed by atoms with Crippen LogP contribution in [0, 0.1) is 5.82 Å². The summed E-state index contributed by atoms with van der Waals surface area (Å²) < 4.78 is 13.1. The quantitative estimate of drug-likeness (QED) is 0.795. The van der Waals surface area contributed by atoms with E-state index < -0.39 is 0 Å². The van der Waals surface area contributed by atoms with Crippen molar-refractivity contribution in [3.63, 3.8) is 0 Å². The minimum Gasteiger partial charge on any atom is -0.282 e. The van der Waals surface area contributed by atoms with Crippen molar-refractivity contribution >= 4 is 11.6 Å². The fraction of sp³-hybridized carbons (Fsp3) is 0.0667. The Morgan fingerprint density at radius 1 is 1.20 bits per heavy atom. The number of rotatable bonds is 3. The summed E-state index contributed by atoms with van der Waals surface area (Å²) in [6.45, 7) is 0. The van der Waals surface area contributed by atoms with E-state index in [0.717, 1.165) is 22.5 Å². The van der Waals surface area contributed by atoms with Crippen molar-refractivity contribution in [3.8, 4) is 11.3 Å². The van der Waals surface area contributed by atoms with E-state index in [9.17, 15) is 4.39 Å². The lowest BCUT2D eigenvalue weighted by atomic mass is 10.1. The highest BCUT2D eigenvalue weighted by Gasteiger charge is 2.08. The smallest absolute Gasteiger partial charge is 0.123 e. The highest BCUT2D eigenvalue weighted by molar-refractivity contribution is 6.33. The summed E-state index contributed by atoms with van der Waals surface area (Å²) >= 11 is 6.08. The number of aromatic nitrogens is 3. The molecule has 0 spiro atoms. The van der Waals surface area contributed by atoms with Crippen molar-refractivity contribution in [1.82, 2.24) is 15.2 Å².